The maximum absolute atomic E-state index is 13.6. The van der Waals surface area contributed by atoms with Gasteiger partial charge in [0.1, 0.15) is 10.6 Å². The Hall–Kier alpha value is -2.39. The molecule has 4 aromatic rings. The summed E-state index contributed by atoms with van der Waals surface area (Å²) in [5.41, 5.74) is 1.20. The topological polar surface area (TPSA) is 87.0 Å². The Labute approximate surface area is 181 Å². The summed E-state index contributed by atoms with van der Waals surface area (Å²) >= 11 is 3.11. The highest BCUT2D eigenvalue weighted by molar-refractivity contribution is 7.98. The number of aryl methyl sites for hydroxylation is 2. The molecule has 0 aliphatic heterocycles. The van der Waals surface area contributed by atoms with Crippen LogP contribution in [0, 0.1) is 5.92 Å². The van der Waals surface area contributed by atoms with Gasteiger partial charge in [-0.3, -0.25) is 9.36 Å². The van der Waals surface area contributed by atoms with Crippen molar-refractivity contribution in [3.63, 3.8) is 0 Å². The van der Waals surface area contributed by atoms with Crippen LogP contribution in [-0.2, 0) is 31.6 Å². The molecule has 1 atom stereocenters. The molecule has 0 spiro atoms. The van der Waals surface area contributed by atoms with Crippen molar-refractivity contribution in [2.75, 3.05) is 0 Å². The molecule has 0 bridgehead atoms. The average Bonchev–Trinajstić information content (AvgIpc) is 3.47. The molecule has 0 aromatic carbocycles. The first-order valence-electron chi connectivity index (χ1n) is 10.1. The summed E-state index contributed by atoms with van der Waals surface area (Å²) in [5, 5.41) is 5.37. The van der Waals surface area contributed by atoms with Crippen molar-refractivity contribution in [3.8, 4) is 0 Å². The quantitative estimate of drug-likeness (QED) is 0.322. The molecule has 7 nitrogen and oxygen atoms in total. The highest BCUT2D eigenvalue weighted by Gasteiger charge is 2.25. The van der Waals surface area contributed by atoms with Gasteiger partial charge in [-0.05, 0) is 42.9 Å². The molecule has 0 amide bonds. The van der Waals surface area contributed by atoms with Gasteiger partial charge in [0.05, 0.1) is 23.9 Å². The van der Waals surface area contributed by atoms with Crippen LogP contribution in [0.4, 0.5) is 0 Å². The van der Waals surface area contributed by atoms with E-state index in [2.05, 4.69) is 17.1 Å². The molecule has 0 N–H and O–H groups in total. The van der Waals surface area contributed by atoms with E-state index in [9.17, 15) is 4.79 Å². The van der Waals surface area contributed by atoms with Gasteiger partial charge in [-0.1, -0.05) is 30.8 Å². The molecular formula is C21H22N4O3S2. The van der Waals surface area contributed by atoms with Crippen molar-refractivity contribution in [1.29, 1.82) is 0 Å². The van der Waals surface area contributed by atoms with Crippen LogP contribution < -0.4 is 5.56 Å². The first-order valence-corrected chi connectivity index (χ1v) is 11.9. The standard InChI is InChI=1S/C21H22N4O3S2/c1-3-16-22-17(28-24-16)11-29-21-23-19-18(14-7-6-12(2)9-15(14)30-19)20(26)25(21)10-13-5-4-8-27-13/h4-5,8,12H,3,6-7,9-11H2,1-2H3/t12-/m0/s1. The van der Waals surface area contributed by atoms with Gasteiger partial charge in [0.15, 0.2) is 11.0 Å². The van der Waals surface area contributed by atoms with E-state index in [1.54, 1.807) is 22.2 Å². The van der Waals surface area contributed by atoms with Gasteiger partial charge in [-0.15, -0.1) is 11.3 Å². The smallest absolute Gasteiger partial charge is 0.263 e. The van der Waals surface area contributed by atoms with Crippen molar-refractivity contribution < 1.29 is 8.94 Å². The molecule has 0 unspecified atom stereocenters. The van der Waals surface area contributed by atoms with Gasteiger partial charge in [0.2, 0.25) is 5.89 Å². The molecule has 4 aromatic heterocycles. The summed E-state index contributed by atoms with van der Waals surface area (Å²) in [6.07, 6.45) is 5.43. The molecule has 1 aliphatic rings. The van der Waals surface area contributed by atoms with E-state index in [-0.39, 0.29) is 5.56 Å². The third-order valence-corrected chi connectivity index (χ3v) is 7.53. The Morgan fingerprint density at radius 3 is 3.03 bits per heavy atom. The SMILES string of the molecule is CCc1noc(CSc2nc3sc4c(c3c(=O)n2Cc2ccco2)CC[C@H](C)C4)n1. The molecule has 5 rings (SSSR count). The number of thiophene rings is 1. The Balaban J connectivity index is 1.57. The highest BCUT2D eigenvalue weighted by Crippen LogP contribution is 2.36. The molecule has 0 radical (unpaired) electrons. The minimum absolute atomic E-state index is 0.00530. The van der Waals surface area contributed by atoms with Crippen molar-refractivity contribution in [2.45, 2.75) is 57.0 Å². The molecule has 30 heavy (non-hydrogen) atoms. The second-order valence-corrected chi connectivity index (χ2v) is 9.67. The lowest BCUT2D eigenvalue weighted by molar-refractivity contribution is 0.385. The predicted molar refractivity (Wildman–Crippen MR) is 116 cm³/mol. The van der Waals surface area contributed by atoms with E-state index < -0.39 is 0 Å². The van der Waals surface area contributed by atoms with E-state index in [1.807, 2.05) is 19.1 Å². The van der Waals surface area contributed by atoms with Crippen LogP contribution in [0.25, 0.3) is 10.2 Å². The summed E-state index contributed by atoms with van der Waals surface area (Å²) in [6, 6.07) is 3.71. The lowest BCUT2D eigenvalue weighted by Gasteiger charge is -2.17. The lowest BCUT2D eigenvalue weighted by Crippen LogP contribution is -2.24. The van der Waals surface area contributed by atoms with E-state index >= 15 is 0 Å². The van der Waals surface area contributed by atoms with Crippen molar-refractivity contribution >= 4 is 33.3 Å². The number of hydrogen-bond donors (Lipinski definition) is 0. The zero-order valence-electron chi connectivity index (χ0n) is 16.9. The Morgan fingerprint density at radius 1 is 1.37 bits per heavy atom. The third-order valence-electron chi connectivity index (χ3n) is 5.43. The number of furan rings is 1. The molecule has 156 valence electrons. The van der Waals surface area contributed by atoms with Gasteiger partial charge in [-0.2, -0.15) is 4.98 Å². The van der Waals surface area contributed by atoms with Crippen LogP contribution in [0.5, 0.6) is 0 Å². The van der Waals surface area contributed by atoms with Gasteiger partial charge in [-0.25, -0.2) is 4.98 Å². The maximum atomic E-state index is 13.6. The van der Waals surface area contributed by atoms with Crippen LogP contribution in [0.1, 0.15) is 48.2 Å². The van der Waals surface area contributed by atoms with E-state index in [1.165, 1.54) is 22.2 Å². The molecule has 0 saturated heterocycles. The fourth-order valence-corrected chi connectivity index (χ4v) is 6.09. The van der Waals surface area contributed by atoms with Gasteiger partial charge < -0.3 is 8.94 Å². The predicted octanol–water partition coefficient (Wildman–Crippen LogP) is 4.46. The van der Waals surface area contributed by atoms with Crippen LogP contribution in [-0.4, -0.2) is 19.7 Å². The molecule has 4 heterocycles. The van der Waals surface area contributed by atoms with Gasteiger partial charge in [0.25, 0.3) is 5.56 Å². The second-order valence-electron chi connectivity index (χ2n) is 7.64. The van der Waals surface area contributed by atoms with Crippen LogP contribution in [0.3, 0.4) is 0 Å². The van der Waals surface area contributed by atoms with E-state index in [0.29, 0.717) is 35.1 Å². The molecular weight excluding hydrogens is 420 g/mol. The van der Waals surface area contributed by atoms with Crippen LogP contribution in [0.2, 0.25) is 0 Å². The third kappa shape index (κ3) is 3.60. The average molecular weight is 443 g/mol. The van der Waals surface area contributed by atoms with E-state index in [4.69, 9.17) is 13.9 Å². The number of rotatable bonds is 6. The van der Waals surface area contributed by atoms with Crippen molar-refractivity contribution in [1.82, 2.24) is 19.7 Å². The van der Waals surface area contributed by atoms with E-state index in [0.717, 1.165) is 41.7 Å². The molecule has 0 fully saturated rings. The Kier molecular flexibility index (Phi) is 5.24. The summed E-state index contributed by atoms with van der Waals surface area (Å²) in [5.74, 6) is 3.06. The van der Waals surface area contributed by atoms with Crippen molar-refractivity contribution in [3.05, 3.63) is 56.7 Å². The summed E-state index contributed by atoms with van der Waals surface area (Å²) < 4.78 is 12.5. The number of fused-ring (bicyclic) bond motifs is 3. The largest absolute Gasteiger partial charge is 0.467 e. The molecule has 9 heteroatoms. The zero-order chi connectivity index (χ0) is 20.7. The Morgan fingerprint density at radius 2 is 2.27 bits per heavy atom. The number of nitrogens with zero attached hydrogens (tertiary/aromatic N) is 4. The summed E-state index contributed by atoms with van der Waals surface area (Å²) in [7, 11) is 0. The number of aromatic nitrogens is 4. The maximum Gasteiger partial charge on any atom is 0.263 e. The van der Waals surface area contributed by atoms with Gasteiger partial charge >= 0.3 is 0 Å². The first-order chi connectivity index (χ1) is 14.6. The minimum Gasteiger partial charge on any atom is -0.467 e. The summed E-state index contributed by atoms with van der Waals surface area (Å²) in [6.45, 7) is 4.60. The lowest BCUT2D eigenvalue weighted by atomic mass is 9.89. The molecule has 1 aliphatic carbocycles. The fraction of sp³-hybridized carbons (Fsp3) is 0.429. The minimum atomic E-state index is 0.00530. The zero-order valence-corrected chi connectivity index (χ0v) is 18.5. The Bertz CT molecular complexity index is 1240. The van der Waals surface area contributed by atoms with Gasteiger partial charge in [0, 0.05) is 11.3 Å². The summed E-state index contributed by atoms with van der Waals surface area (Å²) in [4.78, 5) is 25.0. The normalized spacial score (nSPS) is 16.3. The number of thioether (sulfide) groups is 1. The number of hydrogen-bond acceptors (Lipinski definition) is 8. The second kappa shape index (κ2) is 8.03. The molecule has 0 saturated carbocycles. The monoisotopic (exact) mass is 442 g/mol. The van der Waals surface area contributed by atoms with Crippen molar-refractivity contribution in [2.24, 2.45) is 5.92 Å². The van der Waals surface area contributed by atoms with Crippen LogP contribution >= 0.6 is 23.1 Å². The highest BCUT2D eigenvalue weighted by atomic mass is 32.2. The fourth-order valence-electron chi connectivity index (χ4n) is 3.83. The first kappa shape index (κ1) is 19.6. The van der Waals surface area contributed by atoms with Crippen LogP contribution in [0.15, 0.2) is 37.3 Å².